The third-order valence-electron chi connectivity index (χ3n) is 4.68. The molecule has 0 aliphatic carbocycles. The van der Waals surface area contributed by atoms with E-state index >= 15 is 0 Å². The minimum Gasteiger partial charge on any atom is -0.465 e. The van der Waals surface area contributed by atoms with Crippen LogP contribution in [0.2, 0.25) is 0 Å². The minimum atomic E-state index is -0.706. The molecule has 0 spiro atoms. The molecule has 180 valence electrons. The zero-order chi connectivity index (χ0) is 24.6. The number of hydrogen-bond donors (Lipinski definition) is 2. The maximum atomic E-state index is 13.3. The number of carbonyl (C=O) groups is 3. The van der Waals surface area contributed by atoms with Gasteiger partial charge >= 0.3 is 12.1 Å². The van der Waals surface area contributed by atoms with Gasteiger partial charge in [-0.05, 0) is 51.8 Å². The van der Waals surface area contributed by atoms with Crippen molar-refractivity contribution in [3.05, 3.63) is 34.9 Å². The molecule has 2 N–H and O–H groups in total. The first-order chi connectivity index (χ1) is 15.6. The predicted molar refractivity (Wildman–Crippen MR) is 125 cm³/mol. The summed E-state index contributed by atoms with van der Waals surface area (Å²) in [6.07, 6.45) is 2.33. The molecule has 0 aromatic heterocycles. The van der Waals surface area contributed by atoms with E-state index < -0.39 is 17.7 Å². The Morgan fingerprint density at radius 3 is 2.55 bits per heavy atom. The highest BCUT2D eigenvalue weighted by Crippen LogP contribution is 2.29. The van der Waals surface area contributed by atoms with E-state index in [0.29, 0.717) is 41.9 Å². The Balaban J connectivity index is 2.46. The Morgan fingerprint density at radius 2 is 1.94 bits per heavy atom. The number of amidine groups is 1. The summed E-state index contributed by atoms with van der Waals surface area (Å²) in [5.41, 5.74) is 1.08. The molecule has 1 aromatic rings. The second kappa shape index (κ2) is 11.6. The lowest BCUT2D eigenvalue weighted by molar-refractivity contribution is -0.127. The van der Waals surface area contributed by atoms with E-state index in [0.717, 1.165) is 6.42 Å². The number of aliphatic imine (C=N–C) groups is 1. The van der Waals surface area contributed by atoms with Crippen molar-refractivity contribution in [3.63, 3.8) is 0 Å². The summed E-state index contributed by atoms with van der Waals surface area (Å²) in [5.74, 6) is -0.491. The second-order valence-electron chi connectivity index (χ2n) is 8.67. The van der Waals surface area contributed by atoms with Gasteiger partial charge in [0.2, 0.25) is 5.91 Å². The smallest absolute Gasteiger partial charge is 0.413 e. The number of alkyl carbamates (subject to hydrolysis) is 1. The highest BCUT2D eigenvalue weighted by molar-refractivity contribution is 6.08. The van der Waals surface area contributed by atoms with Crippen LogP contribution < -0.4 is 5.32 Å². The van der Waals surface area contributed by atoms with Crippen molar-refractivity contribution >= 4 is 35.6 Å². The molecule has 0 bridgehead atoms. The van der Waals surface area contributed by atoms with Gasteiger partial charge < -0.3 is 19.5 Å². The Bertz CT molecular complexity index is 946. The van der Waals surface area contributed by atoms with Crippen molar-refractivity contribution in [3.8, 4) is 0 Å². The molecule has 0 saturated heterocycles. The zero-order valence-corrected chi connectivity index (χ0v) is 19.9. The van der Waals surface area contributed by atoms with Crippen LogP contribution in [0.15, 0.2) is 28.8 Å². The Kier molecular flexibility index (Phi) is 9.16. The van der Waals surface area contributed by atoms with Crippen LogP contribution in [-0.4, -0.2) is 66.2 Å². The van der Waals surface area contributed by atoms with Gasteiger partial charge in [0.05, 0.1) is 18.4 Å². The number of ether oxygens (including phenoxy) is 2. The number of nitrogens with zero attached hydrogens (tertiary/aromatic N) is 2. The molecule has 1 heterocycles. The number of nitrogens with one attached hydrogen (secondary N) is 1. The van der Waals surface area contributed by atoms with E-state index in [2.05, 4.69) is 10.3 Å². The summed E-state index contributed by atoms with van der Waals surface area (Å²) in [4.78, 5) is 43.9. The van der Waals surface area contributed by atoms with Crippen LogP contribution in [0.1, 0.15) is 62.9 Å². The van der Waals surface area contributed by atoms with E-state index in [1.54, 1.807) is 49.9 Å². The van der Waals surface area contributed by atoms with E-state index in [1.165, 1.54) is 7.11 Å². The lowest BCUT2D eigenvalue weighted by Crippen LogP contribution is -2.38. The van der Waals surface area contributed by atoms with E-state index in [4.69, 9.17) is 9.47 Å². The molecule has 1 aliphatic heterocycles. The molecular weight excluding hydrogens is 426 g/mol. The highest BCUT2D eigenvalue weighted by Gasteiger charge is 2.25. The van der Waals surface area contributed by atoms with Crippen molar-refractivity contribution in [2.75, 3.05) is 26.8 Å². The number of amides is 2. The lowest BCUT2D eigenvalue weighted by atomic mass is 10.0. The van der Waals surface area contributed by atoms with Gasteiger partial charge in [0, 0.05) is 37.3 Å². The van der Waals surface area contributed by atoms with Crippen LogP contribution in [0, 0.1) is 0 Å². The molecule has 33 heavy (non-hydrogen) atoms. The first kappa shape index (κ1) is 26.1. The van der Waals surface area contributed by atoms with Gasteiger partial charge in [0.15, 0.2) is 0 Å². The molecule has 0 saturated carbocycles. The van der Waals surface area contributed by atoms with Crippen molar-refractivity contribution in [1.29, 1.82) is 0 Å². The number of rotatable bonds is 7. The van der Waals surface area contributed by atoms with Crippen molar-refractivity contribution < 1.29 is 29.0 Å². The number of esters is 1. The normalized spacial score (nSPS) is 13.2. The Labute approximate surface area is 194 Å². The molecule has 2 amide bonds. The molecule has 0 unspecified atom stereocenters. The van der Waals surface area contributed by atoms with E-state index in [-0.39, 0.29) is 24.8 Å². The fraction of sp³-hybridized carbons (Fsp3) is 0.500. The van der Waals surface area contributed by atoms with Crippen LogP contribution >= 0.6 is 0 Å². The monoisotopic (exact) mass is 459 g/mol. The van der Waals surface area contributed by atoms with Crippen molar-refractivity contribution in [2.45, 2.75) is 52.6 Å². The van der Waals surface area contributed by atoms with Crippen LogP contribution in [0.4, 0.5) is 10.5 Å². The molecule has 9 nitrogen and oxygen atoms in total. The maximum Gasteiger partial charge on any atom is 0.413 e. The third-order valence-corrected chi connectivity index (χ3v) is 4.68. The van der Waals surface area contributed by atoms with Crippen LogP contribution in [0.25, 0.3) is 6.08 Å². The maximum absolute atomic E-state index is 13.3. The fourth-order valence-corrected chi connectivity index (χ4v) is 3.29. The largest absolute Gasteiger partial charge is 0.465 e. The van der Waals surface area contributed by atoms with Crippen molar-refractivity contribution in [2.24, 2.45) is 4.99 Å². The molecular formula is C24H33N3O6. The molecule has 0 fully saturated rings. The average Bonchev–Trinajstić information content (AvgIpc) is 2.92. The number of aliphatic hydroxyl groups is 1. The number of hydrogen-bond acceptors (Lipinski definition) is 7. The quantitative estimate of drug-likeness (QED) is 0.603. The number of methoxy groups -OCH3 is 1. The summed E-state index contributed by atoms with van der Waals surface area (Å²) in [7, 11) is 1.29. The summed E-state index contributed by atoms with van der Waals surface area (Å²) in [6.45, 7) is 8.16. The molecule has 0 radical (unpaired) electrons. The van der Waals surface area contributed by atoms with Crippen molar-refractivity contribution in [1.82, 2.24) is 10.2 Å². The van der Waals surface area contributed by atoms with Crippen LogP contribution in [0.3, 0.4) is 0 Å². The van der Waals surface area contributed by atoms with Gasteiger partial charge in [-0.3, -0.25) is 10.1 Å². The van der Waals surface area contributed by atoms with Gasteiger partial charge in [-0.2, -0.15) is 0 Å². The van der Waals surface area contributed by atoms with E-state index in [1.807, 2.05) is 6.92 Å². The highest BCUT2D eigenvalue weighted by atomic mass is 16.6. The third kappa shape index (κ3) is 7.71. The van der Waals surface area contributed by atoms with Gasteiger partial charge in [-0.25, -0.2) is 14.6 Å². The molecule has 0 atom stereocenters. The molecule has 1 aromatic carbocycles. The summed E-state index contributed by atoms with van der Waals surface area (Å²) < 4.78 is 10.1. The second-order valence-corrected chi connectivity index (χ2v) is 8.67. The van der Waals surface area contributed by atoms with Crippen LogP contribution in [0.5, 0.6) is 0 Å². The average molecular weight is 460 g/mol. The minimum absolute atomic E-state index is 0.0153. The van der Waals surface area contributed by atoms with E-state index in [9.17, 15) is 19.5 Å². The van der Waals surface area contributed by atoms with Gasteiger partial charge in [-0.1, -0.05) is 13.0 Å². The van der Waals surface area contributed by atoms with Gasteiger partial charge in [-0.15, -0.1) is 0 Å². The zero-order valence-electron chi connectivity index (χ0n) is 19.9. The number of fused-ring (bicyclic) bond motifs is 1. The van der Waals surface area contributed by atoms with Crippen LogP contribution in [-0.2, 0) is 14.3 Å². The number of benzene rings is 1. The molecule has 2 rings (SSSR count). The number of aliphatic hydroxyl groups excluding tert-OH is 1. The Hall–Kier alpha value is -3.20. The van der Waals surface area contributed by atoms with Gasteiger partial charge in [0.1, 0.15) is 11.4 Å². The SMILES string of the molecule is CCCN(CCCO)C(=O)C1=Cc2ccc(C(=O)OC)cc2N=C(NC(=O)OC(C)(C)C)C1. The lowest BCUT2D eigenvalue weighted by Gasteiger charge is -2.24. The number of carbonyl (C=O) groups excluding carboxylic acids is 3. The van der Waals surface area contributed by atoms with Gasteiger partial charge in [0.25, 0.3) is 0 Å². The standard InChI is InChI=1S/C24H33N3O6/c1-6-10-27(11-7-12-28)21(29)18-13-16-8-9-17(22(30)32-5)14-19(16)25-20(15-18)26-23(31)33-24(2,3)4/h8-9,13-14,28H,6-7,10-12,15H2,1-5H3,(H,25,26,31). The molecule has 1 aliphatic rings. The summed E-state index contributed by atoms with van der Waals surface area (Å²) in [5, 5.41) is 11.8. The Morgan fingerprint density at radius 1 is 1.21 bits per heavy atom. The summed E-state index contributed by atoms with van der Waals surface area (Å²) in [6, 6.07) is 4.84. The first-order valence-corrected chi connectivity index (χ1v) is 11.0. The fourth-order valence-electron chi connectivity index (χ4n) is 3.29. The first-order valence-electron chi connectivity index (χ1n) is 11.0. The predicted octanol–water partition coefficient (Wildman–Crippen LogP) is 3.44. The summed E-state index contributed by atoms with van der Waals surface area (Å²) >= 11 is 0. The molecule has 9 heteroatoms. The topological polar surface area (TPSA) is 118 Å².